The van der Waals surface area contributed by atoms with Crippen molar-refractivity contribution in [3.8, 4) is 6.07 Å². The number of aromatic nitrogens is 1. The van der Waals surface area contributed by atoms with Gasteiger partial charge in [-0.15, -0.1) is 0 Å². The van der Waals surface area contributed by atoms with E-state index < -0.39 is 12.7 Å². The Bertz CT molecular complexity index is 460. The molecule has 0 fully saturated rings. The van der Waals surface area contributed by atoms with Gasteiger partial charge in [0.2, 0.25) is 0 Å². The van der Waals surface area contributed by atoms with Crippen LogP contribution < -0.4 is 4.90 Å². The van der Waals surface area contributed by atoms with Crippen LogP contribution in [0.5, 0.6) is 0 Å². The minimum Gasteiger partial charge on any atom is -0.365 e. The van der Waals surface area contributed by atoms with Crippen LogP contribution in [0.15, 0.2) is 6.07 Å². The van der Waals surface area contributed by atoms with Crippen molar-refractivity contribution >= 4 is 5.69 Å². The summed E-state index contributed by atoms with van der Waals surface area (Å²) in [6.07, 6.45) is -4.30. The van der Waals surface area contributed by atoms with E-state index in [0.29, 0.717) is 11.4 Å². The summed E-state index contributed by atoms with van der Waals surface area (Å²) in [5.41, 5.74) is 1.47. The van der Waals surface area contributed by atoms with Crippen molar-refractivity contribution in [2.75, 3.05) is 18.5 Å². The first kappa shape index (κ1) is 13.3. The first-order valence-corrected chi connectivity index (χ1v) is 4.91. The van der Waals surface area contributed by atoms with Crippen molar-refractivity contribution in [2.24, 2.45) is 0 Å². The minimum absolute atomic E-state index is 0.183. The zero-order valence-corrected chi connectivity index (χ0v) is 9.76. The molecule has 0 spiro atoms. The molecule has 0 aliphatic rings. The lowest BCUT2D eigenvalue weighted by molar-refractivity contribution is -0.119. The second-order valence-corrected chi connectivity index (χ2v) is 3.83. The van der Waals surface area contributed by atoms with E-state index in [1.54, 1.807) is 13.8 Å². The van der Waals surface area contributed by atoms with Gasteiger partial charge >= 0.3 is 6.18 Å². The fraction of sp³-hybridized carbons (Fsp3) is 0.455. The van der Waals surface area contributed by atoms with Gasteiger partial charge in [0.15, 0.2) is 0 Å². The SMILES string of the molecule is Cc1cc(N(C)CC(F)(F)F)c(C#N)c(C)n1. The zero-order valence-electron chi connectivity index (χ0n) is 9.76. The topological polar surface area (TPSA) is 39.9 Å². The molecule has 6 heteroatoms. The summed E-state index contributed by atoms with van der Waals surface area (Å²) < 4.78 is 36.9. The quantitative estimate of drug-likeness (QED) is 0.801. The Balaban J connectivity index is 3.17. The fourth-order valence-corrected chi connectivity index (χ4v) is 1.60. The highest BCUT2D eigenvalue weighted by Gasteiger charge is 2.30. The van der Waals surface area contributed by atoms with Gasteiger partial charge in [-0.3, -0.25) is 4.98 Å². The minimum atomic E-state index is -4.30. The van der Waals surface area contributed by atoms with Crippen molar-refractivity contribution in [1.29, 1.82) is 5.26 Å². The Morgan fingerprint density at radius 1 is 1.41 bits per heavy atom. The molecule has 1 aromatic rings. The summed E-state index contributed by atoms with van der Waals surface area (Å²) in [5, 5.41) is 8.94. The fourth-order valence-electron chi connectivity index (χ4n) is 1.60. The summed E-state index contributed by atoms with van der Waals surface area (Å²) in [7, 11) is 1.31. The molecule has 17 heavy (non-hydrogen) atoms. The maximum Gasteiger partial charge on any atom is 0.405 e. The number of rotatable bonds is 2. The van der Waals surface area contributed by atoms with Crippen LogP contribution in [0.4, 0.5) is 18.9 Å². The molecule has 0 radical (unpaired) electrons. The van der Waals surface area contributed by atoms with Crippen LogP contribution in [-0.2, 0) is 0 Å². The highest BCUT2D eigenvalue weighted by atomic mass is 19.4. The highest BCUT2D eigenvalue weighted by molar-refractivity contribution is 5.61. The second-order valence-electron chi connectivity index (χ2n) is 3.83. The molecule has 0 aliphatic carbocycles. The van der Waals surface area contributed by atoms with E-state index in [0.717, 1.165) is 4.90 Å². The Kier molecular flexibility index (Phi) is 3.61. The van der Waals surface area contributed by atoms with Gasteiger partial charge in [-0.1, -0.05) is 0 Å². The molecule has 0 amide bonds. The lowest BCUT2D eigenvalue weighted by Crippen LogP contribution is -2.31. The van der Waals surface area contributed by atoms with E-state index in [-0.39, 0.29) is 11.3 Å². The number of hydrogen-bond donors (Lipinski definition) is 0. The van der Waals surface area contributed by atoms with E-state index in [4.69, 9.17) is 5.26 Å². The molecule has 1 rings (SSSR count). The molecule has 1 aromatic heterocycles. The lowest BCUT2D eigenvalue weighted by Gasteiger charge is -2.22. The Hall–Kier alpha value is -1.77. The molecule has 0 aliphatic heterocycles. The molecule has 0 saturated carbocycles. The number of halogens is 3. The van der Waals surface area contributed by atoms with Crippen LogP contribution in [0.25, 0.3) is 0 Å². The molecule has 0 N–H and O–H groups in total. The smallest absolute Gasteiger partial charge is 0.365 e. The van der Waals surface area contributed by atoms with E-state index in [9.17, 15) is 13.2 Å². The van der Waals surface area contributed by atoms with Gasteiger partial charge in [-0.2, -0.15) is 18.4 Å². The Morgan fingerprint density at radius 2 is 2.00 bits per heavy atom. The molecule has 92 valence electrons. The number of alkyl halides is 3. The van der Waals surface area contributed by atoms with Crippen LogP contribution in [-0.4, -0.2) is 24.8 Å². The van der Waals surface area contributed by atoms with Gasteiger partial charge in [-0.05, 0) is 19.9 Å². The summed E-state index contributed by atoms with van der Waals surface area (Å²) >= 11 is 0. The third-order valence-corrected chi connectivity index (χ3v) is 2.25. The third kappa shape index (κ3) is 3.34. The summed E-state index contributed by atoms with van der Waals surface area (Å²) in [6.45, 7) is 2.19. The summed E-state index contributed by atoms with van der Waals surface area (Å²) in [4.78, 5) is 5.07. The van der Waals surface area contributed by atoms with Crippen LogP contribution >= 0.6 is 0 Å². The van der Waals surface area contributed by atoms with Crippen molar-refractivity contribution in [2.45, 2.75) is 20.0 Å². The maximum atomic E-state index is 12.3. The van der Waals surface area contributed by atoms with E-state index in [2.05, 4.69) is 4.98 Å². The molecule has 0 aromatic carbocycles. The monoisotopic (exact) mass is 243 g/mol. The van der Waals surface area contributed by atoms with E-state index in [1.165, 1.54) is 13.1 Å². The third-order valence-electron chi connectivity index (χ3n) is 2.25. The second kappa shape index (κ2) is 4.62. The molecular formula is C11H12F3N3. The molecule has 0 saturated heterocycles. The van der Waals surface area contributed by atoms with Crippen molar-refractivity contribution in [1.82, 2.24) is 4.98 Å². The zero-order chi connectivity index (χ0) is 13.2. The standard InChI is InChI=1S/C11H12F3N3/c1-7-4-10(9(5-15)8(2)16-7)17(3)6-11(12,13)14/h4H,6H2,1-3H3. The largest absolute Gasteiger partial charge is 0.405 e. The normalized spacial score (nSPS) is 11.1. The van der Waals surface area contributed by atoms with Crippen molar-refractivity contribution in [3.05, 3.63) is 23.0 Å². The first-order valence-electron chi connectivity index (χ1n) is 4.91. The maximum absolute atomic E-state index is 12.3. The number of aryl methyl sites for hydroxylation is 2. The van der Waals surface area contributed by atoms with Crippen LogP contribution in [0.1, 0.15) is 17.0 Å². The van der Waals surface area contributed by atoms with Gasteiger partial charge in [0.1, 0.15) is 12.6 Å². The average molecular weight is 243 g/mol. The van der Waals surface area contributed by atoms with E-state index >= 15 is 0 Å². The van der Waals surface area contributed by atoms with Gasteiger partial charge in [0.05, 0.1) is 16.9 Å². The summed E-state index contributed by atoms with van der Waals surface area (Å²) in [6, 6.07) is 3.37. The molecule has 0 bridgehead atoms. The van der Waals surface area contributed by atoms with Gasteiger partial charge in [-0.25, -0.2) is 0 Å². The Labute approximate surface area is 97.5 Å². The van der Waals surface area contributed by atoms with Gasteiger partial charge in [0.25, 0.3) is 0 Å². The highest BCUT2D eigenvalue weighted by Crippen LogP contribution is 2.25. The number of nitriles is 1. The molecule has 3 nitrogen and oxygen atoms in total. The number of pyridine rings is 1. The average Bonchev–Trinajstić information content (AvgIpc) is 2.13. The predicted molar refractivity (Wildman–Crippen MR) is 57.8 cm³/mol. The number of anilines is 1. The van der Waals surface area contributed by atoms with Crippen LogP contribution in [0, 0.1) is 25.2 Å². The molecular weight excluding hydrogens is 231 g/mol. The first-order chi connectivity index (χ1) is 7.74. The molecule has 0 atom stereocenters. The lowest BCUT2D eigenvalue weighted by atomic mass is 10.1. The van der Waals surface area contributed by atoms with Gasteiger partial charge < -0.3 is 4.90 Å². The predicted octanol–water partition coefficient (Wildman–Crippen LogP) is 2.57. The van der Waals surface area contributed by atoms with Crippen LogP contribution in [0.3, 0.4) is 0 Å². The number of hydrogen-bond acceptors (Lipinski definition) is 3. The van der Waals surface area contributed by atoms with E-state index in [1.807, 2.05) is 6.07 Å². The van der Waals surface area contributed by atoms with Crippen LogP contribution in [0.2, 0.25) is 0 Å². The molecule has 0 unspecified atom stereocenters. The molecule has 1 heterocycles. The summed E-state index contributed by atoms with van der Waals surface area (Å²) in [5.74, 6) is 0. The Morgan fingerprint density at radius 3 is 2.47 bits per heavy atom. The van der Waals surface area contributed by atoms with Gasteiger partial charge in [0, 0.05) is 12.7 Å². The number of nitrogens with zero attached hydrogens (tertiary/aromatic N) is 3. The van der Waals surface area contributed by atoms with Crippen molar-refractivity contribution in [3.63, 3.8) is 0 Å². The van der Waals surface area contributed by atoms with Crippen molar-refractivity contribution < 1.29 is 13.2 Å².